The highest BCUT2D eigenvalue weighted by atomic mass is 16.5. The molecule has 0 fully saturated rings. The number of carbonyl (C=O) groups is 1. The lowest BCUT2D eigenvalue weighted by Gasteiger charge is -2.02. The molecule has 6 heteroatoms. The number of carbonyl (C=O) groups excluding carboxylic acids is 1. The smallest absolute Gasteiger partial charge is 0.247 e. The van der Waals surface area contributed by atoms with Gasteiger partial charge >= 0.3 is 0 Å². The molecule has 1 N–H and O–H groups in total. The van der Waals surface area contributed by atoms with Gasteiger partial charge in [0.05, 0.1) is 30.8 Å². The largest absolute Gasteiger partial charge is 0.497 e. The summed E-state index contributed by atoms with van der Waals surface area (Å²) in [6.45, 7) is 0. The highest BCUT2D eigenvalue weighted by Gasteiger charge is 2.10. The number of ether oxygens (including phenoxy) is 1. The average Bonchev–Trinajstić information content (AvgIpc) is 2.92. The Morgan fingerprint density at radius 1 is 1.25 bits per heavy atom. The molecule has 3 aromatic rings. The molecule has 1 heterocycles. The number of rotatable bonds is 5. The molecule has 2 aromatic carbocycles. The van der Waals surface area contributed by atoms with Crippen molar-refractivity contribution < 1.29 is 9.53 Å². The molecule has 0 bridgehead atoms. The van der Waals surface area contributed by atoms with Gasteiger partial charge in [-0.25, -0.2) is 10.4 Å². The van der Waals surface area contributed by atoms with Crippen LogP contribution in [0, 0.1) is 0 Å². The van der Waals surface area contributed by atoms with Gasteiger partial charge in [-0.1, -0.05) is 12.1 Å². The standard InChI is InChI=1S/C18H18N4O2/c1-22-16-6-4-3-5-15(16)20-17(22)11-18(23)21-19-12-13-7-9-14(24-2)10-8-13/h3-10,12H,11H2,1-2H3,(H,21,23)/b19-12+. The number of imidazole rings is 1. The van der Waals surface area contributed by atoms with Crippen molar-refractivity contribution in [2.45, 2.75) is 6.42 Å². The maximum atomic E-state index is 12.0. The van der Waals surface area contributed by atoms with Crippen LogP contribution < -0.4 is 10.2 Å². The highest BCUT2D eigenvalue weighted by Crippen LogP contribution is 2.14. The number of hydrogen-bond acceptors (Lipinski definition) is 4. The minimum absolute atomic E-state index is 0.172. The lowest BCUT2D eigenvalue weighted by molar-refractivity contribution is -0.120. The summed E-state index contributed by atoms with van der Waals surface area (Å²) < 4.78 is 7.01. The fourth-order valence-corrected chi connectivity index (χ4v) is 2.41. The molecule has 0 saturated heterocycles. The second-order valence-electron chi connectivity index (χ2n) is 5.32. The van der Waals surface area contributed by atoms with Crippen LogP contribution in [0.1, 0.15) is 11.4 Å². The quantitative estimate of drug-likeness (QED) is 0.579. The predicted octanol–water partition coefficient (Wildman–Crippen LogP) is 2.27. The molecule has 0 aliphatic heterocycles. The molecular weight excluding hydrogens is 304 g/mol. The molecule has 0 aliphatic rings. The van der Waals surface area contributed by atoms with Gasteiger partial charge in [0, 0.05) is 7.05 Å². The van der Waals surface area contributed by atoms with Gasteiger partial charge in [0.1, 0.15) is 11.6 Å². The van der Waals surface area contributed by atoms with E-state index in [2.05, 4.69) is 15.5 Å². The summed E-state index contributed by atoms with van der Waals surface area (Å²) in [6.07, 6.45) is 1.76. The van der Waals surface area contributed by atoms with E-state index in [1.54, 1.807) is 13.3 Å². The average molecular weight is 322 g/mol. The second-order valence-corrected chi connectivity index (χ2v) is 5.32. The first kappa shape index (κ1) is 15.7. The van der Waals surface area contributed by atoms with Crippen molar-refractivity contribution in [3.8, 4) is 5.75 Å². The molecule has 24 heavy (non-hydrogen) atoms. The van der Waals surface area contributed by atoms with E-state index in [4.69, 9.17) is 4.74 Å². The number of nitrogens with one attached hydrogen (secondary N) is 1. The molecule has 3 rings (SSSR count). The zero-order valence-corrected chi connectivity index (χ0v) is 13.6. The third-order valence-electron chi connectivity index (χ3n) is 3.72. The highest BCUT2D eigenvalue weighted by molar-refractivity contribution is 5.84. The first-order valence-electron chi connectivity index (χ1n) is 7.53. The number of fused-ring (bicyclic) bond motifs is 1. The zero-order chi connectivity index (χ0) is 16.9. The lowest BCUT2D eigenvalue weighted by atomic mass is 10.2. The molecule has 0 unspecified atom stereocenters. The molecule has 0 atom stereocenters. The topological polar surface area (TPSA) is 68.5 Å². The van der Waals surface area contributed by atoms with Crippen LogP contribution in [0.4, 0.5) is 0 Å². The second kappa shape index (κ2) is 6.95. The van der Waals surface area contributed by atoms with Crippen molar-refractivity contribution in [1.29, 1.82) is 0 Å². The minimum Gasteiger partial charge on any atom is -0.497 e. The van der Waals surface area contributed by atoms with E-state index in [1.165, 1.54) is 0 Å². The number of hydrazone groups is 1. The fraction of sp³-hybridized carbons (Fsp3) is 0.167. The third kappa shape index (κ3) is 3.43. The summed E-state index contributed by atoms with van der Waals surface area (Å²) in [5.41, 5.74) is 5.28. The molecule has 1 aromatic heterocycles. The molecule has 6 nitrogen and oxygen atoms in total. The van der Waals surface area contributed by atoms with Crippen molar-refractivity contribution in [2.24, 2.45) is 12.1 Å². The first-order chi connectivity index (χ1) is 11.7. The van der Waals surface area contributed by atoms with Crippen LogP contribution >= 0.6 is 0 Å². The van der Waals surface area contributed by atoms with E-state index in [-0.39, 0.29) is 12.3 Å². The molecule has 0 spiro atoms. The Kier molecular flexibility index (Phi) is 4.56. The van der Waals surface area contributed by atoms with Crippen molar-refractivity contribution in [2.75, 3.05) is 7.11 Å². The molecule has 0 saturated carbocycles. The van der Waals surface area contributed by atoms with Crippen LogP contribution in [0.25, 0.3) is 11.0 Å². The van der Waals surface area contributed by atoms with Crippen molar-refractivity contribution in [3.63, 3.8) is 0 Å². The predicted molar refractivity (Wildman–Crippen MR) is 93.1 cm³/mol. The van der Waals surface area contributed by atoms with Crippen molar-refractivity contribution >= 4 is 23.2 Å². The maximum absolute atomic E-state index is 12.0. The van der Waals surface area contributed by atoms with Crippen LogP contribution in [-0.2, 0) is 18.3 Å². The zero-order valence-electron chi connectivity index (χ0n) is 13.6. The maximum Gasteiger partial charge on any atom is 0.247 e. The van der Waals surface area contributed by atoms with Crippen LogP contribution in [0.15, 0.2) is 53.6 Å². The molecular formula is C18H18N4O2. The minimum atomic E-state index is -0.210. The van der Waals surface area contributed by atoms with E-state index in [0.717, 1.165) is 22.3 Å². The SMILES string of the molecule is COc1ccc(/C=N/NC(=O)Cc2nc3ccccc3n2C)cc1. The Morgan fingerprint density at radius 3 is 2.71 bits per heavy atom. The molecule has 0 radical (unpaired) electrons. The van der Waals surface area contributed by atoms with Crippen molar-refractivity contribution in [3.05, 3.63) is 59.9 Å². The van der Waals surface area contributed by atoms with E-state index in [0.29, 0.717) is 5.82 Å². The van der Waals surface area contributed by atoms with Crippen LogP contribution in [0.2, 0.25) is 0 Å². The monoisotopic (exact) mass is 322 g/mol. The number of aromatic nitrogens is 2. The van der Waals surface area contributed by atoms with Crippen LogP contribution in [0.5, 0.6) is 5.75 Å². The van der Waals surface area contributed by atoms with Gasteiger partial charge in [0.25, 0.3) is 0 Å². The van der Waals surface area contributed by atoms with Gasteiger partial charge in [-0.05, 0) is 42.0 Å². The summed E-state index contributed by atoms with van der Waals surface area (Å²) in [5, 5.41) is 3.97. The van der Waals surface area contributed by atoms with Gasteiger partial charge in [0.15, 0.2) is 0 Å². The number of aryl methyl sites for hydroxylation is 1. The Bertz CT molecular complexity index is 882. The van der Waals surface area contributed by atoms with E-state index >= 15 is 0 Å². The summed E-state index contributed by atoms with van der Waals surface area (Å²) in [7, 11) is 3.52. The van der Waals surface area contributed by atoms with Crippen molar-refractivity contribution in [1.82, 2.24) is 15.0 Å². The van der Waals surface area contributed by atoms with E-state index < -0.39 is 0 Å². The number of para-hydroxylation sites is 2. The van der Waals surface area contributed by atoms with E-state index in [1.807, 2.05) is 60.1 Å². The Hall–Kier alpha value is -3.15. The van der Waals surface area contributed by atoms with Gasteiger partial charge in [-0.3, -0.25) is 4.79 Å². The Balaban J connectivity index is 1.62. The number of amides is 1. The number of benzene rings is 2. The lowest BCUT2D eigenvalue weighted by Crippen LogP contribution is -2.21. The Labute approximate surface area is 139 Å². The van der Waals surface area contributed by atoms with Gasteiger partial charge in [-0.2, -0.15) is 5.10 Å². The van der Waals surface area contributed by atoms with E-state index in [9.17, 15) is 4.79 Å². The molecule has 122 valence electrons. The first-order valence-corrected chi connectivity index (χ1v) is 7.53. The summed E-state index contributed by atoms with van der Waals surface area (Å²) in [4.78, 5) is 16.5. The van der Waals surface area contributed by atoms with Gasteiger partial charge in [-0.15, -0.1) is 0 Å². The number of methoxy groups -OCH3 is 1. The summed E-state index contributed by atoms with van der Waals surface area (Å²) in [5.74, 6) is 1.27. The number of nitrogens with zero attached hydrogens (tertiary/aromatic N) is 3. The third-order valence-corrected chi connectivity index (χ3v) is 3.72. The normalized spacial score (nSPS) is 11.1. The fourth-order valence-electron chi connectivity index (χ4n) is 2.41. The molecule has 0 aliphatic carbocycles. The summed E-state index contributed by atoms with van der Waals surface area (Å²) >= 11 is 0. The van der Waals surface area contributed by atoms with Crippen LogP contribution in [-0.4, -0.2) is 28.8 Å². The van der Waals surface area contributed by atoms with Gasteiger partial charge in [0.2, 0.25) is 5.91 Å². The number of hydrogen-bond donors (Lipinski definition) is 1. The summed E-state index contributed by atoms with van der Waals surface area (Å²) in [6, 6.07) is 15.2. The van der Waals surface area contributed by atoms with Crippen LogP contribution in [0.3, 0.4) is 0 Å². The Morgan fingerprint density at radius 2 is 2.00 bits per heavy atom. The van der Waals surface area contributed by atoms with Gasteiger partial charge < -0.3 is 9.30 Å². The molecule has 1 amide bonds.